The fourth-order valence-electron chi connectivity index (χ4n) is 2.36. The topological polar surface area (TPSA) is 29.1 Å². The first-order chi connectivity index (χ1) is 7.86. The van der Waals surface area contributed by atoms with E-state index in [0.29, 0.717) is 0 Å². The predicted octanol–water partition coefficient (Wildman–Crippen LogP) is 3.45. The highest BCUT2D eigenvalue weighted by molar-refractivity contribution is 7.08. The van der Waals surface area contributed by atoms with Crippen molar-refractivity contribution in [1.29, 1.82) is 0 Å². The van der Waals surface area contributed by atoms with Crippen LogP contribution in [0.1, 0.15) is 48.9 Å². The van der Waals surface area contributed by atoms with Crippen LogP contribution in [-0.2, 0) is 0 Å². The molecule has 0 bridgehead atoms. The Morgan fingerprint density at radius 2 is 2.19 bits per heavy atom. The Balaban J connectivity index is 1.66. The summed E-state index contributed by atoms with van der Waals surface area (Å²) in [5.41, 5.74) is 0.800. The molecule has 0 unspecified atom stereocenters. The molecular weight excluding hydrogens is 218 g/mol. The number of carbonyl (C=O) groups excluding carboxylic acids is 1. The molecule has 1 amide bonds. The summed E-state index contributed by atoms with van der Waals surface area (Å²) in [6, 6.07) is 1.88. The lowest BCUT2D eigenvalue weighted by Gasteiger charge is -2.21. The molecule has 0 aromatic carbocycles. The molecule has 0 radical (unpaired) electrons. The van der Waals surface area contributed by atoms with E-state index in [2.05, 4.69) is 5.32 Å². The monoisotopic (exact) mass is 237 g/mol. The van der Waals surface area contributed by atoms with Crippen LogP contribution in [0.4, 0.5) is 0 Å². The Bertz CT molecular complexity index is 315. The summed E-state index contributed by atoms with van der Waals surface area (Å²) >= 11 is 1.57. The second kappa shape index (κ2) is 6.04. The molecule has 1 aromatic heterocycles. The highest BCUT2D eigenvalue weighted by atomic mass is 32.1. The first-order valence-electron chi connectivity index (χ1n) is 6.16. The van der Waals surface area contributed by atoms with E-state index in [4.69, 9.17) is 0 Å². The molecule has 2 nitrogen and oxygen atoms in total. The molecule has 88 valence electrons. The summed E-state index contributed by atoms with van der Waals surface area (Å²) in [4.78, 5) is 11.6. The zero-order valence-corrected chi connectivity index (χ0v) is 10.4. The fourth-order valence-corrected chi connectivity index (χ4v) is 3.00. The second-order valence-corrected chi connectivity index (χ2v) is 5.34. The van der Waals surface area contributed by atoms with Gasteiger partial charge in [0.05, 0.1) is 0 Å². The van der Waals surface area contributed by atoms with Crippen molar-refractivity contribution < 1.29 is 4.79 Å². The van der Waals surface area contributed by atoms with Gasteiger partial charge in [-0.2, -0.15) is 11.3 Å². The fraction of sp³-hybridized carbons (Fsp3) is 0.615. The van der Waals surface area contributed by atoms with Crippen LogP contribution in [-0.4, -0.2) is 12.5 Å². The van der Waals surface area contributed by atoms with E-state index in [1.165, 1.54) is 32.1 Å². The van der Waals surface area contributed by atoms with Gasteiger partial charge in [-0.1, -0.05) is 32.1 Å². The van der Waals surface area contributed by atoms with Crippen LogP contribution in [0.2, 0.25) is 0 Å². The number of hydrogen-bond donors (Lipinski definition) is 1. The number of rotatable bonds is 4. The normalized spacial score (nSPS) is 17.2. The summed E-state index contributed by atoms with van der Waals surface area (Å²) in [5.74, 6) is 0.925. The van der Waals surface area contributed by atoms with Crippen molar-refractivity contribution in [1.82, 2.24) is 5.32 Å². The average molecular weight is 237 g/mol. The Morgan fingerprint density at radius 3 is 2.88 bits per heavy atom. The molecule has 1 heterocycles. The number of amides is 1. The molecule has 1 N–H and O–H groups in total. The summed E-state index contributed by atoms with van der Waals surface area (Å²) in [7, 11) is 0. The maximum Gasteiger partial charge on any atom is 0.252 e. The standard InChI is InChI=1S/C13H19NOS/c15-13(12-7-9-16-10-12)14-8-6-11-4-2-1-3-5-11/h7,9-11H,1-6,8H2,(H,14,15). The molecule has 1 aliphatic carbocycles. The predicted molar refractivity (Wildman–Crippen MR) is 67.8 cm³/mol. The highest BCUT2D eigenvalue weighted by Gasteiger charge is 2.13. The second-order valence-electron chi connectivity index (χ2n) is 4.56. The first-order valence-corrected chi connectivity index (χ1v) is 7.11. The van der Waals surface area contributed by atoms with Crippen molar-refractivity contribution in [3.63, 3.8) is 0 Å². The zero-order valence-electron chi connectivity index (χ0n) is 9.58. The molecule has 0 atom stereocenters. The van der Waals surface area contributed by atoms with E-state index in [1.54, 1.807) is 11.3 Å². The van der Waals surface area contributed by atoms with E-state index < -0.39 is 0 Å². The lowest BCUT2D eigenvalue weighted by molar-refractivity contribution is 0.0951. The third kappa shape index (κ3) is 3.34. The zero-order chi connectivity index (χ0) is 11.2. The van der Waals surface area contributed by atoms with E-state index >= 15 is 0 Å². The Kier molecular flexibility index (Phi) is 4.40. The molecule has 16 heavy (non-hydrogen) atoms. The maximum absolute atomic E-state index is 11.6. The van der Waals surface area contributed by atoms with Crippen LogP contribution < -0.4 is 5.32 Å². The third-order valence-corrected chi connectivity index (χ3v) is 4.03. The Morgan fingerprint density at radius 1 is 1.38 bits per heavy atom. The molecule has 1 aliphatic rings. The van der Waals surface area contributed by atoms with Gasteiger partial charge in [0.25, 0.3) is 5.91 Å². The molecule has 1 aromatic rings. The van der Waals surface area contributed by atoms with Crippen LogP contribution in [0.3, 0.4) is 0 Å². The van der Waals surface area contributed by atoms with Crippen LogP contribution in [0, 0.1) is 5.92 Å². The van der Waals surface area contributed by atoms with Crippen LogP contribution in [0.15, 0.2) is 16.8 Å². The van der Waals surface area contributed by atoms with Crippen LogP contribution in [0.25, 0.3) is 0 Å². The van der Waals surface area contributed by atoms with Gasteiger partial charge in [0.1, 0.15) is 0 Å². The van der Waals surface area contributed by atoms with Gasteiger partial charge < -0.3 is 5.32 Å². The Labute approximate surface area is 101 Å². The van der Waals surface area contributed by atoms with Gasteiger partial charge in [-0.3, -0.25) is 4.79 Å². The minimum atomic E-state index is 0.0806. The van der Waals surface area contributed by atoms with Crippen molar-refractivity contribution in [3.05, 3.63) is 22.4 Å². The van der Waals surface area contributed by atoms with Gasteiger partial charge in [0, 0.05) is 17.5 Å². The van der Waals surface area contributed by atoms with Crippen LogP contribution >= 0.6 is 11.3 Å². The van der Waals surface area contributed by atoms with Gasteiger partial charge in [-0.25, -0.2) is 0 Å². The van der Waals surface area contributed by atoms with Gasteiger partial charge in [-0.05, 0) is 23.8 Å². The lowest BCUT2D eigenvalue weighted by atomic mass is 9.87. The number of thiophene rings is 1. The summed E-state index contributed by atoms with van der Waals surface area (Å²) < 4.78 is 0. The third-order valence-electron chi connectivity index (χ3n) is 3.35. The minimum absolute atomic E-state index is 0.0806. The molecule has 0 aliphatic heterocycles. The molecule has 0 spiro atoms. The molecule has 0 saturated heterocycles. The molecule has 2 rings (SSSR count). The van der Waals surface area contributed by atoms with Crippen molar-refractivity contribution in [2.24, 2.45) is 5.92 Å². The lowest BCUT2D eigenvalue weighted by Crippen LogP contribution is -2.26. The van der Waals surface area contributed by atoms with Gasteiger partial charge in [0.15, 0.2) is 0 Å². The maximum atomic E-state index is 11.6. The summed E-state index contributed by atoms with van der Waals surface area (Å²) in [6.07, 6.45) is 8.02. The van der Waals surface area contributed by atoms with Gasteiger partial charge in [0.2, 0.25) is 0 Å². The van der Waals surface area contributed by atoms with Gasteiger partial charge >= 0.3 is 0 Å². The molecule has 1 fully saturated rings. The SMILES string of the molecule is O=C(NCCC1CCCCC1)c1ccsc1. The highest BCUT2D eigenvalue weighted by Crippen LogP contribution is 2.25. The summed E-state index contributed by atoms with van der Waals surface area (Å²) in [5, 5.41) is 6.84. The van der Waals surface area contributed by atoms with E-state index in [9.17, 15) is 4.79 Å². The van der Waals surface area contributed by atoms with Crippen molar-refractivity contribution in [3.8, 4) is 0 Å². The number of carbonyl (C=O) groups is 1. The number of nitrogens with one attached hydrogen (secondary N) is 1. The van der Waals surface area contributed by atoms with Crippen molar-refractivity contribution in [2.45, 2.75) is 38.5 Å². The average Bonchev–Trinajstić information content (AvgIpc) is 2.84. The smallest absolute Gasteiger partial charge is 0.252 e. The van der Waals surface area contributed by atoms with Crippen LogP contribution in [0.5, 0.6) is 0 Å². The molecular formula is C13H19NOS. The van der Waals surface area contributed by atoms with Gasteiger partial charge in [-0.15, -0.1) is 0 Å². The number of hydrogen-bond acceptors (Lipinski definition) is 2. The summed E-state index contributed by atoms with van der Waals surface area (Å²) in [6.45, 7) is 0.833. The Hall–Kier alpha value is -0.830. The quantitative estimate of drug-likeness (QED) is 0.854. The van der Waals surface area contributed by atoms with E-state index in [0.717, 1.165) is 24.4 Å². The molecule has 3 heteroatoms. The van der Waals surface area contributed by atoms with E-state index in [1.807, 2.05) is 16.8 Å². The first kappa shape index (κ1) is 11.6. The van der Waals surface area contributed by atoms with E-state index in [-0.39, 0.29) is 5.91 Å². The minimum Gasteiger partial charge on any atom is -0.352 e. The van der Waals surface area contributed by atoms with Crippen molar-refractivity contribution >= 4 is 17.2 Å². The molecule has 1 saturated carbocycles. The largest absolute Gasteiger partial charge is 0.352 e. The van der Waals surface area contributed by atoms with Crippen molar-refractivity contribution in [2.75, 3.05) is 6.54 Å².